The van der Waals surface area contributed by atoms with Crippen molar-refractivity contribution in [1.29, 1.82) is 0 Å². The highest BCUT2D eigenvalue weighted by atomic mass is 79.9. The van der Waals surface area contributed by atoms with Gasteiger partial charge in [0.2, 0.25) is 0 Å². The first-order valence-corrected chi connectivity index (χ1v) is 14.6. The Morgan fingerprint density at radius 1 is 0.390 bits per heavy atom. The maximum absolute atomic E-state index is 14.7. The van der Waals surface area contributed by atoms with Crippen molar-refractivity contribution in [3.05, 3.63) is 166 Å². The van der Waals surface area contributed by atoms with Crippen molar-refractivity contribution in [2.45, 2.75) is 0 Å². The molecule has 2 aliphatic carbocycles. The maximum atomic E-state index is 14.7. The lowest BCUT2D eigenvalue weighted by Crippen LogP contribution is -2.03. The number of ketones is 1. The number of hydrogen-bond acceptors (Lipinski definition) is 1. The van der Waals surface area contributed by atoms with Gasteiger partial charge in [-0.3, -0.25) is 4.79 Å². The summed E-state index contributed by atoms with van der Waals surface area (Å²) in [6.07, 6.45) is 0. The standard InChI is InChI=1S/C39H23BrO/c40-33-21-20-32-36-30(33)18-9-19-31(36)37-34(28-16-7-14-26(22-28)24-10-3-1-4-11-24)39(41)35(38(32)37)29-17-8-15-27(23-29)25-12-5-2-6-13-25/h1-23H. The number of rotatable bonds is 4. The van der Waals surface area contributed by atoms with E-state index in [1.54, 1.807) is 0 Å². The summed E-state index contributed by atoms with van der Waals surface area (Å²) in [5, 5.41) is 2.37. The minimum absolute atomic E-state index is 0.0796. The molecule has 0 atom stereocenters. The normalized spacial score (nSPS) is 13.8. The first kappa shape index (κ1) is 24.0. The number of hydrogen-bond donors (Lipinski definition) is 0. The summed E-state index contributed by atoms with van der Waals surface area (Å²) in [4.78, 5) is 14.7. The van der Waals surface area contributed by atoms with Gasteiger partial charge < -0.3 is 0 Å². The molecule has 0 amide bonds. The summed E-state index contributed by atoms with van der Waals surface area (Å²) in [7, 11) is 0. The Morgan fingerprint density at radius 3 is 1.41 bits per heavy atom. The number of carbonyl (C=O) groups is 1. The molecule has 41 heavy (non-hydrogen) atoms. The number of allylic oxidation sites excluding steroid dienone is 4. The minimum Gasteiger partial charge on any atom is -0.289 e. The van der Waals surface area contributed by atoms with Gasteiger partial charge in [0.1, 0.15) is 0 Å². The fraction of sp³-hybridized carbons (Fsp3) is 0. The molecule has 6 aromatic rings. The third-order valence-corrected chi connectivity index (χ3v) is 8.94. The van der Waals surface area contributed by atoms with Crippen LogP contribution in [0, 0.1) is 0 Å². The molecule has 0 aliphatic heterocycles. The molecule has 0 unspecified atom stereocenters. The van der Waals surface area contributed by atoms with Crippen LogP contribution in [0.1, 0.15) is 22.3 Å². The zero-order valence-electron chi connectivity index (χ0n) is 22.1. The van der Waals surface area contributed by atoms with E-state index in [1.165, 1.54) is 5.39 Å². The first-order valence-electron chi connectivity index (χ1n) is 13.8. The monoisotopic (exact) mass is 586 g/mol. The highest BCUT2D eigenvalue weighted by Gasteiger charge is 2.40. The predicted molar refractivity (Wildman–Crippen MR) is 174 cm³/mol. The SMILES string of the molecule is O=C1C(c2cccc(-c3ccccc3)c2)=C2C(=C1c1cccc(-c3ccccc3)c1)c1ccc(Br)c3cccc2c13. The van der Waals surface area contributed by atoms with Crippen LogP contribution < -0.4 is 0 Å². The van der Waals surface area contributed by atoms with Crippen LogP contribution in [0.5, 0.6) is 0 Å². The molecule has 8 rings (SSSR count). The van der Waals surface area contributed by atoms with Gasteiger partial charge in [-0.1, -0.05) is 137 Å². The highest BCUT2D eigenvalue weighted by molar-refractivity contribution is 9.10. The van der Waals surface area contributed by atoms with Crippen molar-refractivity contribution in [2.24, 2.45) is 0 Å². The molecule has 0 N–H and O–H groups in total. The van der Waals surface area contributed by atoms with E-state index in [2.05, 4.69) is 119 Å². The summed E-state index contributed by atoms with van der Waals surface area (Å²) in [5.74, 6) is 0.0796. The number of benzene rings is 6. The molecule has 6 aromatic carbocycles. The Kier molecular flexibility index (Phi) is 5.51. The summed E-state index contributed by atoms with van der Waals surface area (Å²) in [5.41, 5.74) is 12.2. The van der Waals surface area contributed by atoms with Gasteiger partial charge >= 0.3 is 0 Å². The van der Waals surface area contributed by atoms with Gasteiger partial charge in [-0.05, 0) is 73.5 Å². The van der Waals surface area contributed by atoms with E-state index < -0.39 is 0 Å². The van der Waals surface area contributed by atoms with E-state index in [4.69, 9.17) is 0 Å². The van der Waals surface area contributed by atoms with Crippen molar-refractivity contribution in [2.75, 3.05) is 0 Å². The third-order valence-electron chi connectivity index (χ3n) is 8.25. The second-order valence-electron chi connectivity index (χ2n) is 10.5. The van der Waals surface area contributed by atoms with Crippen molar-refractivity contribution < 1.29 is 4.79 Å². The molecule has 0 bridgehead atoms. The van der Waals surface area contributed by atoms with E-state index >= 15 is 0 Å². The molecule has 0 spiro atoms. The molecule has 2 aliphatic rings. The van der Waals surface area contributed by atoms with Gasteiger partial charge in [0.05, 0.1) is 0 Å². The third kappa shape index (κ3) is 3.72. The Labute approximate surface area is 247 Å². The second-order valence-corrected chi connectivity index (χ2v) is 11.4. The molecule has 2 heteroatoms. The Hall–Kier alpha value is -4.79. The van der Waals surface area contributed by atoms with Crippen LogP contribution in [0.15, 0.2) is 144 Å². The van der Waals surface area contributed by atoms with E-state index in [-0.39, 0.29) is 5.78 Å². The number of carbonyl (C=O) groups excluding carboxylic acids is 1. The van der Waals surface area contributed by atoms with Crippen molar-refractivity contribution in [1.82, 2.24) is 0 Å². The summed E-state index contributed by atoms with van der Waals surface area (Å²) < 4.78 is 1.06. The largest absolute Gasteiger partial charge is 0.289 e. The quantitative estimate of drug-likeness (QED) is 0.201. The summed E-state index contributed by atoms with van der Waals surface area (Å²) in [6.45, 7) is 0. The minimum atomic E-state index is 0.0796. The van der Waals surface area contributed by atoms with Crippen LogP contribution in [0.4, 0.5) is 0 Å². The molecule has 0 saturated carbocycles. The number of halogens is 1. The van der Waals surface area contributed by atoms with Crippen LogP contribution in [0.3, 0.4) is 0 Å². The Morgan fingerprint density at radius 2 is 0.854 bits per heavy atom. The molecule has 0 radical (unpaired) electrons. The van der Waals surface area contributed by atoms with Gasteiger partial charge in [-0.15, -0.1) is 0 Å². The van der Waals surface area contributed by atoms with Crippen LogP contribution >= 0.6 is 15.9 Å². The Bertz CT molecular complexity index is 1980. The van der Waals surface area contributed by atoms with Gasteiger partial charge in [-0.25, -0.2) is 0 Å². The smallest absolute Gasteiger partial charge is 0.195 e. The highest BCUT2D eigenvalue weighted by Crippen LogP contribution is 2.57. The molecule has 192 valence electrons. The zero-order chi connectivity index (χ0) is 27.5. The lowest BCUT2D eigenvalue weighted by atomic mass is 9.91. The van der Waals surface area contributed by atoms with E-state index in [0.717, 1.165) is 76.7 Å². The van der Waals surface area contributed by atoms with Crippen LogP contribution in [0.25, 0.3) is 55.3 Å². The van der Waals surface area contributed by atoms with E-state index in [9.17, 15) is 4.79 Å². The zero-order valence-corrected chi connectivity index (χ0v) is 23.7. The fourth-order valence-electron chi connectivity index (χ4n) is 6.45. The molecule has 1 nitrogen and oxygen atoms in total. The fourth-order valence-corrected chi connectivity index (χ4v) is 6.91. The first-order chi connectivity index (χ1) is 20.2. The van der Waals surface area contributed by atoms with Gasteiger partial charge in [0.15, 0.2) is 5.78 Å². The molecule has 0 aromatic heterocycles. The van der Waals surface area contributed by atoms with Crippen LogP contribution in [-0.4, -0.2) is 5.78 Å². The van der Waals surface area contributed by atoms with Crippen LogP contribution in [-0.2, 0) is 4.79 Å². The second kappa shape index (κ2) is 9.40. The molecular weight excluding hydrogens is 564 g/mol. The van der Waals surface area contributed by atoms with Gasteiger partial charge in [-0.2, -0.15) is 0 Å². The topological polar surface area (TPSA) is 17.1 Å². The summed E-state index contributed by atoms with van der Waals surface area (Å²) in [6, 6.07) is 48.2. The predicted octanol–water partition coefficient (Wildman–Crippen LogP) is 10.4. The molecule has 0 heterocycles. The molecular formula is C39H23BrO. The average Bonchev–Trinajstić information content (AvgIpc) is 3.51. The van der Waals surface area contributed by atoms with Crippen LogP contribution in [0.2, 0.25) is 0 Å². The van der Waals surface area contributed by atoms with Gasteiger partial charge in [0, 0.05) is 26.8 Å². The van der Waals surface area contributed by atoms with Crippen molar-refractivity contribution in [3.8, 4) is 22.3 Å². The lowest BCUT2D eigenvalue weighted by molar-refractivity contribution is -0.108. The average molecular weight is 588 g/mol. The molecule has 0 saturated heterocycles. The number of fused-ring (bicyclic) bond motifs is 3. The van der Waals surface area contributed by atoms with Crippen molar-refractivity contribution >= 4 is 54.8 Å². The summed E-state index contributed by atoms with van der Waals surface area (Å²) >= 11 is 3.78. The number of Topliss-reactive ketones (excluding diaryl/α,β-unsaturated/α-hetero) is 1. The molecule has 0 fully saturated rings. The van der Waals surface area contributed by atoms with E-state index in [1.807, 2.05) is 36.4 Å². The maximum Gasteiger partial charge on any atom is 0.195 e. The van der Waals surface area contributed by atoms with Crippen molar-refractivity contribution in [3.63, 3.8) is 0 Å². The van der Waals surface area contributed by atoms with E-state index in [0.29, 0.717) is 0 Å². The lowest BCUT2D eigenvalue weighted by Gasteiger charge is -2.12. The van der Waals surface area contributed by atoms with Gasteiger partial charge in [0.25, 0.3) is 0 Å². The Balaban J connectivity index is 1.40.